The first-order valence-corrected chi connectivity index (χ1v) is 7.60. The van der Waals surface area contributed by atoms with E-state index in [0.717, 1.165) is 17.9 Å². The van der Waals surface area contributed by atoms with Crippen LogP contribution in [0.1, 0.15) is 20.3 Å². The van der Waals surface area contributed by atoms with E-state index < -0.39 is 5.54 Å². The molecule has 1 unspecified atom stereocenters. The second-order valence-corrected chi connectivity index (χ2v) is 5.98. The number of halogens is 1. The highest BCUT2D eigenvalue weighted by Gasteiger charge is 2.33. The summed E-state index contributed by atoms with van der Waals surface area (Å²) < 4.78 is 4.88. The van der Waals surface area contributed by atoms with Gasteiger partial charge in [-0.15, -0.1) is 11.8 Å². The van der Waals surface area contributed by atoms with Gasteiger partial charge >= 0.3 is 5.97 Å². The number of benzene rings is 1. The minimum atomic E-state index is -0.672. The molecule has 19 heavy (non-hydrogen) atoms. The van der Waals surface area contributed by atoms with E-state index in [4.69, 9.17) is 16.3 Å². The molecule has 106 valence electrons. The lowest BCUT2D eigenvalue weighted by Crippen LogP contribution is -2.52. The molecule has 1 aromatic rings. The van der Waals surface area contributed by atoms with Crippen LogP contribution in [0, 0.1) is 0 Å². The summed E-state index contributed by atoms with van der Waals surface area (Å²) in [6, 6.07) is 7.59. The van der Waals surface area contributed by atoms with E-state index in [0.29, 0.717) is 10.8 Å². The molecule has 0 radical (unpaired) electrons. The maximum absolute atomic E-state index is 11.9. The Morgan fingerprint density at radius 2 is 2.05 bits per heavy atom. The topological polar surface area (TPSA) is 38.3 Å². The van der Waals surface area contributed by atoms with Gasteiger partial charge in [-0.05, 0) is 44.2 Å². The van der Waals surface area contributed by atoms with Crippen LogP contribution in [0.15, 0.2) is 29.2 Å². The van der Waals surface area contributed by atoms with Gasteiger partial charge in [0.05, 0.1) is 7.11 Å². The van der Waals surface area contributed by atoms with Crippen LogP contribution >= 0.6 is 23.4 Å². The van der Waals surface area contributed by atoms with Crippen molar-refractivity contribution >= 4 is 29.3 Å². The Morgan fingerprint density at radius 1 is 1.42 bits per heavy atom. The second-order valence-electron chi connectivity index (χ2n) is 4.49. The van der Waals surface area contributed by atoms with Crippen LogP contribution in [-0.4, -0.2) is 30.9 Å². The molecule has 0 amide bonds. The van der Waals surface area contributed by atoms with Gasteiger partial charge in [0.15, 0.2) is 0 Å². The minimum absolute atomic E-state index is 0.234. The van der Waals surface area contributed by atoms with Gasteiger partial charge in [-0.25, -0.2) is 0 Å². The lowest BCUT2D eigenvalue weighted by Gasteiger charge is -2.27. The molecule has 1 rings (SSSR count). The summed E-state index contributed by atoms with van der Waals surface area (Å²) in [7, 11) is 1.42. The molecule has 1 N–H and O–H groups in total. The molecular weight excluding hydrogens is 282 g/mol. The van der Waals surface area contributed by atoms with Crippen LogP contribution < -0.4 is 5.32 Å². The van der Waals surface area contributed by atoms with E-state index in [2.05, 4.69) is 12.2 Å². The number of hydrogen-bond acceptors (Lipinski definition) is 4. The van der Waals surface area contributed by atoms with Crippen molar-refractivity contribution in [2.45, 2.75) is 30.7 Å². The third-order valence-corrected chi connectivity index (χ3v) is 4.32. The van der Waals surface area contributed by atoms with Crippen molar-refractivity contribution in [1.82, 2.24) is 5.32 Å². The van der Waals surface area contributed by atoms with Crippen LogP contribution in [0.25, 0.3) is 0 Å². The van der Waals surface area contributed by atoms with Gasteiger partial charge in [-0.3, -0.25) is 4.79 Å². The van der Waals surface area contributed by atoms with E-state index in [-0.39, 0.29) is 5.97 Å². The number of rotatable bonds is 7. The predicted octanol–water partition coefficient (Wildman–Crippen LogP) is 3.36. The highest BCUT2D eigenvalue weighted by Crippen LogP contribution is 2.25. The number of carbonyl (C=O) groups excluding carboxylic acids is 1. The first kappa shape index (κ1) is 16.3. The van der Waals surface area contributed by atoms with Crippen molar-refractivity contribution in [3.8, 4) is 0 Å². The molecule has 0 spiro atoms. The van der Waals surface area contributed by atoms with E-state index in [1.165, 1.54) is 7.11 Å². The van der Waals surface area contributed by atoms with Crippen molar-refractivity contribution < 1.29 is 9.53 Å². The second kappa shape index (κ2) is 7.78. The Labute approximate surface area is 124 Å². The lowest BCUT2D eigenvalue weighted by atomic mass is 10.1. The molecule has 0 saturated carbocycles. The Bertz CT molecular complexity index is 410. The largest absolute Gasteiger partial charge is 0.468 e. The number of nitrogens with one attached hydrogen (secondary N) is 1. The zero-order chi connectivity index (χ0) is 14.3. The first-order valence-electron chi connectivity index (χ1n) is 6.23. The van der Waals surface area contributed by atoms with Gasteiger partial charge in [-0.1, -0.05) is 18.5 Å². The van der Waals surface area contributed by atoms with Crippen molar-refractivity contribution in [2.24, 2.45) is 0 Å². The van der Waals surface area contributed by atoms with Crippen molar-refractivity contribution in [3.63, 3.8) is 0 Å². The molecule has 0 aliphatic rings. The van der Waals surface area contributed by atoms with E-state index >= 15 is 0 Å². The molecule has 0 bridgehead atoms. The van der Waals surface area contributed by atoms with Gasteiger partial charge in [0.2, 0.25) is 0 Å². The molecule has 5 heteroatoms. The van der Waals surface area contributed by atoms with E-state index in [1.54, 1.807) is 11.8 Å². The van der Waals surface area contributed by atoms with Crippen LogP contribution in [0.5, 0.6) is 0 Å². The predicted molar refractivity (Wildman–Crippen MR) is 80.9 cm³/mol. The zero-order valence-electron chi connectivity index (χ0n) is 11.5. The average molecular weight is 302 g/mol. The van der Waals surface area contributed by atoms with Gasteiger partial charge in [-0.2, -0.15) is 0 Å². The summed E-state index contributed by atoms with van der Waals surface area (Å²) in [5.74, 6) is 0.379. The van der Waals surface area contributed by atoms with Crippen LogP contribution in [-0.2, 0) is 9.53 Å². The summed E-state index contributed by atoms with van der Waals surface area (Å²) in [5.41, 5.74) is -0.672. The molecular formula is C14H20ClNO2S. The van der Waals surface area contributed by atoms with Gasteiger partial charge < -0.3 is 10.1 Å². The zero-order valence-corrected chi connectivity index (χ0v) is 13.1. The SMILES string of the molecule is CCCNC(C)(CSc1ccc(Cl)cc1)C(=O)OC. The molecule has 0 aromatic heterocycles. The van der Waals surface area contributed by atoms with Crippen LogP contribution in [0.2, 0.25) is 5.02 Å². The fraction of sp³-hybridized carbons (Fsp3) is 0.500. The van der Waals surface area contributed by atoms with Crippen molar-refractivity contribution in [1.29, 1.82) is 0 Å². The molecule has 3 nitrogen and oxygen atoms in total. The van der Waals surface area contributed by atoms with Gasteiger partial charge in [0.1, 0.15) is 5.54 Å². The molecule has 0 fully saturated rings. The van der Waals surface area contributed by atoms with Crippen molar-refractivity contribution in [3.05, 3.63) is 29.3 Å². The number of esters is 1. The Kier molecular flexibility index (Phi) is 6.69. The monoisotopic (exact) mass is 301 g/mol. The van der Waals surface area contributed by atoms with Crippen LogP contribution in [0.4, 0.5) is 0 Å². The third kappa shape index (κ3) is 5.05. The fourth-order valence-electron chi connectivity index (χ4n) is 1.57. The number of thioether (sulfide) groups is 1. The van der Waals surface area contributed by atoms with Gasteiger partial charge in [0.25, 0.3) is 0 Å². The van der Waals surface area contributed by atoms with Crippen LogP contribution in [0.3, 0.4) is 0 Å². The van der Waals surface area contributed by atoms with Crippen molar-refractivity contribution in [2.75, 3.05) is 19.4 Å². The standard InChI is InChI=1S/C14H20ClNO2S/c1-4-9-16-14(2,13(17)18-3)10-19-12-7-5-11(15)6-8-12/h5-8,16H,4,9-10H2,1-3H3. The normalized spacial score (nSPS) is 13.9. The Hall–Kier alpha value is -0.710. The molecule has 0 aliphatic carbocycles. The quantitative estimate of drug-likeness (QED) is 0.619. The maximum atomic E-state index is 11.9. The van der Waals surface area contributed by atoms with Gasteiger partial charge in [0, 0.05) is 15.7 Å². The number of hydrogen-bond donors (Lipinski definition) is 1. The number of methoxy groups -OCH3 is 1. The number of ether oxygens (including phenoxy) is 1. The van der Waals surface area contributed by atoms with E-state index in [9.17, 15) is 4.79 Å². The Morgan fingerprint density at radius 3 is 2.58 bits per heavy atom. The lowest BCUT2D eigenvalue weighted by molar-refractivity contribution is -0.146. The molecule has 1 aromatic carbocycles. The summed E-state index contributed by atoms with van der Waals surface area (Å²) in [6.07, 6.45) is 0.970. The summed E-state index contributed by atoms with van der Waals surface area (Å²) >= 11 is 7.46. The summed E-state index contributed by atoms with van der Waals surface area (Å²) in [5, 5.41) is 3.97. The minimum Gasteiger partial charge on any atom is -0.468 e. The molecule has 0 saturated heterocycles. The summed E-state index contributed by atoms with van der Waals surface area (Å²) in [6.45, 7) is 4.72. The first-order chi connectivity index (χ1) is 9.01. The fourth-order valence-corrected chi connectivity index (χ4v) is 2.70. The third-order valence-electron chi connectivity index (χ3n) is 2.74. The van der Waals surface area contributed by atoms with E-state index in [1.807, 2.05) is 31.2 Å². The average Bonchev–Trinajstić information content (AvgIpc) is 2.43. The summed E-state index contributed by atoms with van der Waals surface area (Å²) in [4.78, 5) is 13.0. The highest BCUT2D eigenvalue weighted by atomic mass is 35.5. The maximum Gasteiger partial charge on any atom is 0.326 e. The number of carbonyl (C=O) groups is 1. The molecule has 1 atom stereocenters. The smallest absolute Gasteiger partial charge is 0.326 e. The molecule has 0 heterocycles. The molecule has 0 aliphatic heterocycles. The Balaban J connectivity index is 2.67. The highest BCUT2D eigenvalue weighted by molar-refractivity contribution is 7.99.